The van der Waals surface area contributed by atoms with E-state index in [0.29, 0.717) is 28.1 Å². The van der Waals surface area contributed by atoms with Crippen LogP contribution in [-0.4, -0.2) is 22.3 Å². The van der Waals surface area contributed by atoms with Gasteiger partial charge in [0, 0.05) is 16.5 Å². The van der Waals surface area contributed by atoms with Crippen LogP contribution < -0.4 is 5.32 Å². The number of furan rings is 1. The molecule has 1 unspecified atom stereocenters. The lowest BCUT2D eigenvalue weighted by Crippen LogP contribution is -2.16. The third-order valence-corrected chi connectivity index (χ3v) is 4.96. The molecular weight excluding hydrogens is 424 g/mol. The van der Waals surface area contributed by atoms with Crippen LogP contribution in [0.4, 0.5) is 10.5 Å². The molecule has 0 fully saturated rings. The second-order valence-corrected chi connectivity index (χ2v) is 7.35. The molecule has 8 heteroatoms. The van der Waals surface area contributed by atoms with Crippen molar-refractivity contribution in [2.75, 3.05) is 5.32 Å². The molecule has 0 radical (unpaired) electrons. The predicted molar refractivity (Wildman–Crippen MR) is 120 cm³/mol. The van der Waals surface area contributed by atoms with Crippen LogP contribution in [0.15, 0.2) is 63.7 Å². The topological polar surface area (TPSA) is 115 Å². The molecule has 166 valence electrons. The minimum atomic E-state index is -0.932. The Kier molecular flexibility index (Phi) is 6.13. The number of aromatic nitrogens is 1. The van der Waals surface area contributed by atoms with Crippen LogP contribution in [0, 0.1) is 18.8 Å². The van der Waals surface area contributed by atoms with Crippen LogP contribution in [-0.2, 0) is 16.0 Å². The van der Waals surface area contributed by atoms with E-state index in [0.717, 1.165) is 10.9 Å². The summed E-state index contributed by atoms with van der Waals surface area (Å²) in [6.45, 7) is 3.46. The minimum absolute atomic E-state index is 0.122. The molecule has 33 heavy (non-hydrogen) atoms. The third kappa shape index (κ3) is 5.05. The molecule has 2 aromatic heterocycles. The summed E-state index contributed by atoms with van der Waals surface area (Å²) in [5.74, 6) is 5.06. The molecule has 1 atom stereocenters. The molecule has 4 rings (SSSR count). The molecule has 0 saturated carbocycles. The molecule has 0 bridgehead atoms. The van der Waals surface area contributed by atoms with Gasteiger partial charge in [0.15, 0.2) is 0 Å². The highest BCUT2D eigenvalue weighted by Gasteiger charge is 2.18. The quantitative estimate of drug-likeness (QED) is 0.413. The molecule has 0 saturated heterocycles. The number of aliphatic carboxylic acids is 1. The van der Waals surface area contributed by atoms with Crippen LogP contribution in [0.2, 0.25) is 0 Å². The van der Waals surface area contributed by atoms with E-state index in [1.807, 2.05) is 30.3 Å². The van der Waals surface area contributed by atoms with Crippen molar-refractivity contribution in [2.45, 2.75) is 26.4 Å². The summed E-state index contributed by atoms with van der Waals surface area (Å²) in [7, 11) is 0. The summed E-state index contributed by atoms with van der Waals surface area (Å²) in [6.07, 6.45) is 0.221. The SMILES string of the molecule is Cc1noc(C#Cc2ccc3c(CC(=O)O)coc3c2)c1NC(=O)OC(C)c1ccccc1. The second kappa shape index (κ2) is 9.32. The summed E-state index contributed by atoms with van der Waals surface area (Å²) < 4.78 is 16.2. The number of nitrogens with one attached hydrogen (secondary N) is 1. The number of fused-ring (bicyclic) bond motifs is 1. The van der Waals surface area contributed by atoms with E-state index < -0.39 is 18.2 Å². The Bertz CT molecular complexity index is 1370. The number of rotatable bonds is 5. The third-order valence-electron chi connectivity index (χ3n) is 4.96. The fraction of sp³-hybridized carbons (Fsp3) is 0.160. The first kappa shape index (κ1) is 21.7. The number of ether oxygens (including phenoxy) is 1. The van der Waals surface area contributed by atoms with Gasteiger partial charge in [-0.15, -0.1) is 0 Å². The maximum atomic E-state index is 12.4. The summed E-state index contributed by atoms with van der Waals surface area (Å²) >= 11 is 0. The van der Waals surface area contributed by atoms with Gasteiger partial charge in [-0.2, -0.15) is 0 Å². The highest BCUT2D eigenvalue weighted by Crippen LogP contribution is 2.24. The zero-order valence-corrected chi connectivity index (χ0v) is 17.9. The number of carboxylic acid groups (broad SMARTS) is 1. The number of anilines is 1. The molecule has 1 amide bonds. The van der Waals surface area contributed by atoms with Crippen molar-refractivity contribution in [3.8, 4) is 11.8 Å². The number of carbonyl (C=O) groups excluding carboxylic acids is 1. The number of carbonyl (C=O) groups is 2. The molecule has 2 N–H and O–H groups in total. The van der Waals surface area contributed by atoms with E-state index in [4.69, 9.17) is 18.8 Å². The minimum Gasteiger partial charge on any atom is -0.481 e. The lowest BCUT2D eigenvalue weighted by Gasteiger charge is -2.13. The van der Waals surface area contributed by atoms with Crippen LogP contribution in [0.25, 0.3) is 11.0 Å². The van der Waals surface area contributed by atoms with Gasteiger partial charge < -0.3 is 18.8 Å². The van der Waals surface area contributed by atoms with Crippen LogP contribution >= 0.6 is 0 Å². The lowest BCUT2D eigenvalue weighted by molar-refractivity contribution is -0.136. The van der Waals surface area contributed by atoms with Gasteiger partial charge >= 0.3 is 12.1 Å². The monoisotopic (exact) mass is 444 g/mol. The Morgan fingerprint density at radius 2 is 1.97 bits per heavy atom. The fourth-order valence-electron chi connectivity index (χ4n) is 3.28. The average molecular weight is 444 g/mol. The second-order valence-electron chi connectivity index (χ2n) is 7.35. The van der Waals surface area contributed by atoms with Crippen molar-refractivity contribution >= 4 is 28.7 Å². The van der Waals surface area contributed by atoms with Crippen molar-refractivity contribution < 1.29 is 28.4 Å². The fourth-order valence-corrected chi connectivity index (χ4v) is 3.28. The van der Waals surface area contributed by atoms with Crippen molar-refractivity contribution in [3.63, 3.8) is 0 Å². The van der Waals surface area contributed by atoms with Gasteiger partial charge in [0.1, 0.15) is 23.1 Å². The highest BCUT2D eigenvalue weighted by molar-refractivity contribution is 5.88. The van der Waals surface area contributed by atoms with Crippen molar-refractivity contribution in [1.29, 1.82) is 0 Å². The van der Waals surface area contributed by atoms with Gasteiger partial charge in [-0.05, 0) is 43.5 Å². The molecule has 2 aromatic carbocycles. The molecule has 0 aliphatic carbocycles. The number of hydrogen-bond acceptors (Lipinski definition) is 6. The maximum absolute atomic E-state index is 12.4. The summed E-state index contributed by atoms with van der Waals surface area (Å²) in [5, 5.41) is 16.2. The van der Waals surface area contributed by atoms with Crippen molar-refractivity contribution in [1.82, 2.24) is 5.16 Å². The average Bonchev–Trinajstić information content (AvgIpc) is 3.35. The van der Waals surface area contributed by atoms with Gasteiger partial charge in [-0.1, -0.05) is 41.4 Å². The van der Waals surface area contributed by atoms with E-state index in [1.165, 1.54) is 6.26 Å². The first-order valence-electron chi connectivity index (χ1n) is 10.1. The normalized spacial score (nSPS) is 11.5. The zero-order valence-electron chi connectivity index (χ0n) is 17.9. The Balaban J connectivity index is 1.49. The summed E-state index contributed by atoms with van der Waals surface area (Å²) in [4.78, 5) is 23.4. The van der Waals surface area contributed by atoms with E-state index in [-0.39, 0.29) is 12.2 Å². The van der Waals surface area contributed by atoms with Gasteiger partial charge in [0.2, 0.25) is 5.76 Å². The first-order valence-corrected chi connectivity index (χ1v) is 10.1. The molecular formula is C25H20N2O6. The number of amides is 1. The number of benzene rings is 2. The van der Waals surface area contributed by atoms with E-state index >= 15 is 0 Å². The Morgan fingerprint density at radius 1 is 1.18 bits per heavy atom. The van der Waals surface area contributed by atoms with E-state index in [2.05, 4.69) is 22.3 Å². The van der Waals surface area contributed by atoms with Crippen LogP contribution in [0.1, 0.15) is 41.2 Å². The smallest absolute Gasteiger partial charge is 0.412 e. The number of aryl methyl sites for hydroxylation is 1. The van der Waals surface area contributed by atoms with Gasteiger partial charge in [-0.25, -0.2) is 4.79 Å². The van der Waals surface area contributed by atoms with Crippen LogP contribution in [0.3, 0.4) is 0 Å². The largest absolute Gasteiger partial charge is 0.481 e. The van der Waals surface area contributed by atoms with Gasteiger partial charge in [-0.3, -0.25) is 10.1 Å². The lowest BCUT2D eigenvalue weighted by atomic mass is 10.1. The van der Waals surface area contributed by atoms with E-state index in [9.17, 15) is 9.59 Å². The molecule has 0 aliphatic heterocycles. The summed E-state index contributed by atoms with van der Waals surface area (Å²) in [5.41, 5.74) is 3.41. The standard InChI is InChI=1S/C25H20N2O6/c1-15-24(26-25(30)32-16(2)18-6-4-3-5-7-18)21(33-27-15)11-9-17-8-10-20-19(13-23(28)29)14-31-22(20)12-17/h3-8,10,12,14,16H,13H2,1-2H3,(H,26,30)(H,28,29). The highest BCUT2D eigenvalue weighted by atomic mass is 16.6. The number of carboxylic acids is 1. The number of hydrogen-bond donors (Lipinski definition) is 2. The van der Waals surface area contributed by atoms with Gasteiger partial charge in [0.05, 0.1) is 12.7 Å². The molecule has 2 heterocycles. The van der Waals surface area contributed by atoms with Crippen LogP contribution in [0.5, 0.6) is 0 Å². The Hall–Kier alpha value is -4.51. The Labute approximate surface area is 189 Å². The first-order chi connectivity index (χ1) is 15.9. The Morgan fingerprint density at radius 3 is 2.73 bits per heavy atom. The maximum Gasteiger partial charge on any atom is 0.412 e. The van der Waals surface area contributed by atoms with E-state index in [1.54, 1.807) is 32.0 Å². The van der Waals surface area contributed by atoms with Crippen molar-refractivity contribution in [2.24, 2.45) is 0 Å². The van der Waals surface area contributed by atoms with Gasteiger partial charge in [0.25, 0.3) is 0 Å². The summed E-state index contributed by atoms with van der Waals surface area (Å²) in [6, 6.07) is 14.6. The number of nitrogens with zero attached hydrogens (tertiary/aromatic N) is 1. The molecule has 0 aliphatic rings. The predicted octanol–water partition coefficient (Wildman–Crippen LogP) is 5.07. The molecule has 0 spiro atoms. The zero-order chi connectivity index (χ0) is 23.4. The van der Waals surface area contributed by atoms with Crippen molar-refractivity contribution in [3.05, 3.63) is 82.9 Å². The molecule has 8 nitrogen and oxygen atoms in total. The molecule has 4 aromatic rings.